The second kappa shape index (κ2) is 6.22. The van der Waals surface area contributed by atoms with Gasteiger partial charge in [-0.3, -0.25) is 4.79 Å². The van der Waals surface area contributed by atoms with Crippen LogP contribution < -0.4 is 4.90 Å². The number of rotatable bonds is 4. The van der Waals surface area contributed by atoms with Crippen molar-refractivity contribution in [1.29, 1.82) is 0 Å². The Morgan fingerprint density at radius 2 is 1.57 bits per heavy atom. The summed E-state index contributed by atoms with van der Waals surface area (Å²) >= 11 is 0. The standard InChI is InChI=1S/C17H17NO3/c1-3-18(13-10-8-12(2)9-11-13)16(19)14-6-4-5-7-15(14)17(20)21/h4-11H,3H2,1-2H3,(H,20,21). The first-order valence-electron chi connectivity index (χ1n) is 6.75. The second-order valence-electron chi connectivity index (χ2n) is 4.74. The minimum atomic E-state index is -1.10. The number of benzene rings is 2. The minimum Gasteiger partial charge on any atom is -0.478 e. The van der Waals surface area contributed by atoms with Crippen LogP contribution in [0, 0.1) is 6.92 Å². The molecule has 1 N–H and O–H groups in total. The van der Waals surface area contributed by atoms with Gasteiger partial charge in [0.15, 0.2) is 0 Å². The maximum absolute atomic E-state index is 12.6. The lowest BCUT2D eigenvalue weighted by molar-refractivity contribution is 0.0692. The molecular weight excluding hydrogens is 266 g/mol. The zero-order chi connectivity index (χ0) is 15.4. The lowest BCUT2D eigenvalue weighted by Crippen LogP contribution is -2.31. The second-order valence-corrected chi connectivity index (χ2v) is 4.74. The number of amides is 1. The fourth-order valence-corrected chi connectivity index (χ4v) is 2.17. The van der Waals surface area contributed by atoms with Gasteiger partial charge in [-0.1, -0.05) is 29.8 Å². The number of carbonyl (C=O) groups excluding carboxylic acids is 1. The van der Waals surface area contributed by atoms with E-state index >= 15 is 0 Å². The molecule has 0 radical (unpaired) electrons. The lowest BCUT2D eigenvalue weighted by Gasteiger charge is -2.22. The summed E-state index contributed by atoms with van der Waals surface area (Å²) in [7, 11) is 0. The van der Waals surface area contributed by atoms with Crippen LogP contribution in [0.4, 0.5) is 5.69 Å². The van der Waals surface area contributed by atoms with Crippen LogP contribution in [-0.4, -0.2) is 23.5 Å². The normalized spacial score (nSPS) is 10.2. The number of carboxylic acid groups (broad SMARTS) is 1. The van der Waals surface area contributed by atoms with Crippen molar-refractivity contribution in [3.05, 3.63) is 65.2 Å². The Morgan fingerprint density at radius 3 is 2.10 bits per heavy atom. The summed E-state index contributed by atoms with van der Waals surface area (Å²) in [6.07, 6.45) is 0. The zero-order valence-electron chi connectivity index (χ0n) is 12.0. The molecule has 2 aromatic carbocycles. The molecule has 21 heavy (non-hydrogen) atoms. The van der Waals surface area contributed by atoms with Gasteiger partial charge in [-0.05, 0) is 38.1 Å². The maximum Gasteiger partial charge on any atom is 0.336 e. The SMILES string of the molecule is CCN(C(=O)c1ccccc1C(=O)O)c1ccc(C)cc1. The van der Waals surface area contributed by atoms with E-state index in [1.165, 1.54) is 6.07 Å². The van der Waals surface area contributed by atoms with E-state index in [-0.39, 0.29) is 17.0 Å². The molecule has 4 heteroatoms. The molecule has 0 aromatic heterocycles. The zero-order valence-corrected chi connectivity index (χ0v) is 12.0. The summed E-state index contributed by atoms with van der Waals surface area (Å²) < 4.78 is 0. The van der Waals surface area contributed by atoms with Gasteiger partial charge in [-0.25, -0.2) is 4.79 Å². The molecule has 0 aliphatic heterocycles. The van der Waals surface area contributed by atoms with Crippen LogP contribution in [0.1, 0.15) is 33.2 Å². The fraction of sp³-hybridized carbons (Fsp3) is 0.176. The van der Waals surface area contributed by atoms with Crippen molar-refractivity contribution in [2.45, 2.75) is 13.8 Å². The largest absolute Gasteiger partial charge is 0.478 e. The summed E-state index contributed by atoms with van der Waals surface area (Å²) in [5, 5.41) is 9.21. The third-order valence-electron chi connectivity index (χ3n) is 3.29. The summed E-state index contributed by atoms with van der Waals surface area (Å²) in [6, 6.07) is 13.8. The van der Waals surface area contributed by atoms with Gasteiger partial charge in [-0.15, -0.1) is 0 Å². The van der Waals surface area contributed by atoms with E-state index in [0.717, 1.165) is 11.3 Å². The van der Waals surface area contributed by atoms with Crippen LogP contribution in [0.15, 0.2) is 48.5 Å². The molecule has 1 amide bonds. The molecule has 0 aliphatic rings. The molecule has 0 fully saturated rings. The van der Waals surface area contributed by atoms with Crippen molar-refractivity contribution < 1.29 is 14.7 Å². The molecule has 2 rings (SSSR count). The monoisotopic (exact) mass is 283 g/mol. The molecule has 2 aromatic rings. The van der Waals surface area contributed by atoms with Crippen molar-refractivity contribution in [2.24, 2.45) is 0 Å². The van der Waals surface area contributed by atoms with Gasteiger partial charge in [0.25, 0.3) is 5.91 Å². The Hall–Kier alpha value is -2.62. The molecule has 0 unspecified atom stereocenters. The van der Waals surface area contributed by atoms with Gasteiger partial charge in [0.05, 0.1) is 11.1 Å². The highest BCUT2D eigenvalue weighted by Crippen LogP contribution is 2.19. The predicted molar refractivity (Wildman–Crippen MR) is 81.9 cm³/mol. The van der Waals surface area contributed by atoms with E-state index in [1.807, 2.05) is 38.1 Å². The minimum absolute atomic E-state index is 0.0214. The van der Waals surface area contributed by atoms with Crippen LogP contribution in [0.25, 0.3) is 0 Å². The highest BCUT2D eigenvalue weighted by Gasteiger charge is 2.21. The lowest BCUT2D eigenvalue weighted by atomic mass is 10.1. The predicted octanol–water partition coefficient (Wildman–Crippen LogP) is 3.36. The van der Waals surface area contributed by atoms with E-state index < -0.39 is 5.97 Å². The first kappa shape index (κ1) is 14.8. The Labute approximate surface area is 123 Å². The maximum atomic E-state index is 12.6. The highest BCUT2D eigenvalue weighted by molar-refractivity contribution is 6.11. The van der Waals surface area contributed by atoms with Gasteiger partial charge < -0.3 is 10.0 Å². The molecule has 0 atom stereocenters. The van der Waals surface area contributed by atoms with Crippen molar-refractivity contribution in [3.63, 3.8) is 0 Å². The van der Waals surface area contributed by atoms with Crippen molar-refractivity contribution in [2.75, 3.05) is 11.4 Å². The number of anilines is 1. The van der Waals surface area contributed by atoms with E-state index in [0.29, 0.717) is 6.54 Å². The summed E-state index contributed by atoms with van der Waals surface area (Å²) in [5.74, 6) is -1.40. The topological polar surface area (TPSA) is 57.6 Å². The number of hydrogen-bond acceptors (Lipinski definition) is 2. The van der Waals surface area contributed by atoms with Crippen molar-refractivity contribution >= 4 is 17.6 Å². The Balaban J connectivity index is 2.41. The molecule has 0 saturated heterocycles. The average Bonchev–Trinajstić information content (AvgIpc) is 2.49. The molecule has 0 saturated carbocycles. The van der Waals surface area contributed by atoms with Crippen LogP contribution in [0.2, 0.25) is 0 Å². The number of carbonyl (C=O) groups is 2. The third kappa shape index (κ3) is 3.11. The van der Waals surface area contributed by atoms with Crippen LogP contribution in [-0.2, 0) is 0 Å². The Kier molecular flexibility index (Phi) is 4.38. The Bertz CT molecular complexity index is 662. The molecule has 0 heterocycles. The van der Waals surface area contributed by atoms with Crippen molar-refractivity contribution in [3.8, 4) is 0 Å². The third-order valence-corrected chi connectivity index (χ3v) is 3.29. The van der Waals surface area contributed by atoms with Crippen LogP contribution >= 0.6 is 0 Å². The number of carboxylic acids is 1. The first-order valence-corrected chi connectivity index (χ1v) is 6.75. The number of aromatic carboxylic acids is 1. The highest BCUT2D eigenvalue weighted by atomic mass is 16.4. The number of aryl methyl sites for hydroxylation is 1. The van der Waals surface area contributed by atoms with Gasteiger partial charge in [0.2, 0.25) is 0 Å². The van der Waals surface area contributed by atoms with E-state index in [4.69, 9.17) is 0 Å². The molecule has 0 aliphatic carbocycles. The van der Waals surface area contributed by atoms with Gasteiger partial charge in [0, 0.05) is 12.2 Å². The summed E-state index contributed by atoms with van der Waals surface area (Å²) in [6.45, 7) is 4.30. The fourth-order valence-electron chi connectivity index (χ4n) is 2.17. The molecule has 0 bridgehead atoms. The van der Waals surface area contributed by atoms with Crippen molar-refractivity contribution in [1.82, 2.24) is 0 Å². The number of nitrogens with zero attached hydrogens (tertiary/aromatic N) is 1. The molecular formula is C17H17NO3. The Morgan fingerprint density at radius 1 is 1.00 bits per heavy atom. The molecule has 108 valence electrons. The smallest absolute Gasteiger partial charge is 0.336 e. The van der Waals surface area contributed by atoms with Crippen LogP contribution in [0.3, 0.4) is 0 Å². The van der Waals surface area contributed by atoms with E-state index in [9.17, 15) is 14.7 Å². The molecule has 0 spiro atoms. The quantitative estimate of drug-likeness (QED) is 0.936. The average molecular weight is 283 g/mol. The van der Waals surface area contributed by atoms with Gasteiger partial charge in [0.1, 0.15) is 0 Å². The number of hydrogen-bond donors (Lipinski definition) is 1. The summed E-state index contributed by atoms with van der Waals surface area (Å²) in [5.41, 5.74) is 2.09. The van der Waals surface area contributed by atoms with Crippen LogP contribution in [0.5, 0.6) is 0 Å². The summed E-state index contributed by atoms with van der Waals surface area (Å²) in [4.78, 5) is 25.5. The first-order chi connectivity index (χ1) is 10.0. The molecule has 4 nitrogen and oxygen atoms in total. The van der Waals surface area contributed by atoms with Gasteiger partial charge in [-0.2, -0.15) is 0 Å². The van der Waals surface area contributed by atoms with E-state index in [1.54, 1.807) is 23.1 Å². The van der Waals surface area contributed by atoms with Gasteiger partial charge >= 0.3 is 5.97 Å². The van der Waals surface area contributed by atoms with E-state index in [2.05, 4.69) is 0 Å².